The van der Waals surface area contributed by atoms with Gasteiger partial charge in [-0.2, -0.15) is 8.78 Å². The van der Waals surface area contributed by atoms with Gasteiger partial charge in [0.25, 0.3) is 0 Å². The van der Waals surface area contributed by atoms with Crippen LogP contribution in [0, 0.1) is 38.0 Å². The van der Waals surface area contributed by atoms with Crippen molar-refractivity contribution in [3.63, 3.8) is 0 Å². The number of carbonyl (C=O) groups excluding carboxylic acids is 2. The molecule has 4 bridgehead atoms. The first-order valence-corrected chi connectivity index (χ1v) is 14.1. The van der Waals surface area contributed by atoms with Gasteiger partial charge in [0.2, 0.25) is 5.78 Å². The fourth-order valence-electron chi connectivity index (χ4n) is 8.33. The van der Waals surface area contributed by atoms with E-state index in [9.17, 15) is 18.4 Å². The van der Waals surface area contributed by atoms with E-state index in [0.717, 1.165) is 43.5 Å². The van der Waals surface area contributed by atoms with E-state index in [-0.39, 0.29) is 29.5 Å². The Labute approximate surface area is 233 Å². The summed E-state index contributed by atoms with van der Waals surface area (Å²) in [5.74, 6) is 0.626. The third kappa shape index (κ3) is 4.63. The standard InChI is InChI=1S/C33H35F2NO4/c1-20-4-6-25(7-5-20)32-14-23-13-24(15-32)17-33(16-23,19-32)30(38)39-18-29(37)28-12-21(2)36(22(28)3)26-8-10-27(11-9-26)40-31(34)35/h4-12,23-24,31H,13-19H2,1-3H3/t23-,24-,32?,33?/m1/s1. The summed E-state index contributed by atoms with van der Waals surface area (Å²) in [6.45, 7) is 2.62. The molecule has 5 nitrogen and oxygen atoms in total. The van der Waals surface area contributed by atoms with Crippen LogP contribution in [-0.2, 0) is 14.9 Å². The van der Waals surface area contributed by atoms with Crippen molar-refractivity contribution in [2.45, 2.75) is 71.3 Å². The third-order valence-corrected chi connectivity index (χ3v) is 9.54. The molecule has 4 aliphatic rings. The summed E-state index contributed by atoms with van der Waals surface area (Å²) in [7, 11) is 0. The summed E-state index contributed by atoms with van der Waals surface area (Å²) in [6.07, 6.45) is 5.93. The number of rotatable bonds is 8. The van der Waals surface area contributed by atoms with Gasteiger partial charge in [0.05, 0.1) is 5.41 Å². The molecule has 0 radical (unpaired) electrons. The van der Waals surface area contributed by atoms with Crippen molar-refractivity contribution in [1.29, 1.82) is 0 Å². The number of halogens is 2. The van der Waals surface area contributed by atoms with E-state index < -0.39 is 12.0 Å². The smallest absolute Gasteiger partial charge is 0.387 e. The molecule has 40 heavy (non-hydrogen) atoms. The van der Waals surface area contributed by atoms with Gasteiger partial charge in [-0.15, -0.1) is 0 Å². The van der Waals surface area contributed by atoms with Gasteiger partial charge in [-0.3, -0.25) is 9.59 Å². The topological polar surface area (TPSA) is 57.5 Å². The zero-order chi connectivity index (χ0) is 28.2. The summed E-state index contributed by atoms with van der Waals surface area (Å²) in [5.41, 5.74) is 4.79. The molecule has 7 heteroatoms. The van der Waals surface area contributed by atoms with Crippen molar-refractivity contribution in [3.05, 3.63) is 82.7 Å². The second-order valence-electron chi connectivity index (χ2n) is 12.4. The Morgan fingerprint density at radius 3 is 2.23 bits per heavy atom. The van der Waals surface area contributed by atoms with Gasteiger partial charge in [0, 0.05) is 22.6 Å². The zero-order valence-corrected chi connectivity index (χ0v) is 23.2. The van der Waals surface area contributed by atoms with E-state index in [4.69, 9.17) is 4.74 Å². The lowest BCUT2D eigenvalue weighted by atomic mass is 9.43. The average molecular weight is 548 g/mol. The van der Waals surface area contributed by atoms with Crippen LogP contribution in [-0.4, -0.2) is 29.5 Å². The highest BCUT2D eigenvalue weighted by atomic mass is 19.3. The zero-order valence-electron chi connectivity index (χ0n) is 23.2. The maximum absolute atomic E-state index is 13.7. The Balaban J connectivity index is 1.17. The molecule has 0 N–H and O–H groups in total. The summed E-state index contributed by atoms with van der Waals surface area (Å²) in [4.78, 5) is 27.0. The van der Waals surface area contributed by atoms with Crippen molar-refractivity contribution < 1.29 is 27.8 Å². The highest BCUT2D eigenvalue weighted by Crippen LogP contribution is 2.66. The van der Waals surface area contributed by atoms with Gasteiger partial charge in [-0.05, 0) is 112 Å². The maximum Gasteiger partial charge on any atom is 0.387 e. The van der Waals surface area contributed by atoms with Crippen molar-refractivity contribution in [2.75, 3.05) is 6.61 Å². The summed E-state index contributed by atoms with van der Waals surface area (Å²) >= 11 is 0. The minimum absolute atomic E-state index is 0.0155. The molecule has 0 amide bonds. The van der Waals surface area contributed by atoms with Crippen LogP contribution < -0.4 is 4.74 Å². The van der Waals surface area contributed by atoms with Gasteiger partial charge >= 0.3 is 12.6 Å². The maximum atomic E-state index is 13.7. The largest absolute Gasteiger partial charge is 0.457 e. The lowest BCUT2D eigenvalue weighted by Crippen LogP contribution is -2.57. The van der Waals surface area contributed by atoms with E-state index in [1.165, 1.54) is 29.7 Å². The number of aromatic nitrogens is 1. The number of hydrogen-bond donors (Lipinski definition) is 0. The number of Topliss-reactive ketones (excluding diaryl/α,β-unsaturated/α-hetero) is 1. The molecule has 1 aromatic heterocycles. The summed E-state index contributed by atoms with van der Waals surface area (Å²) in [5, 5.41) is 0. The van der Waals surface area contributed by atoms with Crippen molar-refractivity contribution in [2.24, 2.45) is 17.3 Å². The minimum Gasteiger partial charge on any atom is -0.457 e. The lowest BCUT2D eigenvalue weighted by molar-refractivity contribution is -0.172. The van der Waals surface area contributed by atoms with Crippen LogP contribution in [0.15, 0.2) is 54.6 Å². The van der Waals surface area contributed by atoms with Gasteiger partial charge in [0.1, 0.15) is 5.75 Å². The van der Waals surface area contributed by atoms with E-state index in [2.05, 4.69) is 35.9 Å². The molecule has 4 saturated carbocycles. The Morgan fingerprint density at radius 1 is 0.950 bits per heavy atom. The monoisotopic (exact) mass is 547 g/mol. The number of alkyl halides is 2. The molecule has 2 atom stereocenters. The predicted octanol–water partition coefficient (Wildman–Crippen LogP) is 7.27. The molecule has 0 saturated heterocycles. The fourth-order valence-corrected chi connectivity index (χ4v) is 8.33. The van der Waals surface area contributed by atoms with E-state index in [1.807, 2.05) is 18.4 Å². The molecule has 4 aliphatic carbocycles. The first-order valence-electron chi connectivity index (χ1n) is 14.1. The Kier molecular flexibility index (Phi) is 6.59. The Hall–Kier alpha value is -3.48. The molecule has 7 rings (SSSR count). The van der Waals surface area contributed by atoms with Crippen LogP contribution >= 0.6 is 0 Å². The van der Waals surface area contributed by atoms with E-state index in [0.29, 0.717) is 23.1 Å². The minimum atomic E-state index is -2.89. The quantitative estimate of drug-likeness (QED) is 0.220. The van der Waals surface area contributed by atoms with Gasteiger partial charge in [-0.25, -0.2) is 0 Å². The molecule has 0 unspecified atom stereocenters. The molecule has 0 aliphatic heterocycles. The van der Waals surface area contributed by atoms with Crippen LogP contribution in [0.2, 0.25) is 0 Å². The molecule has 0 spiro atoms. The number of ketones is 1. The second kappa shape index (κ2) is 9.86. The average Bonchev–Trinajstić information content (AvgIpc) is 3.20. The number of nitrogens with zero attached hydrogens (tertiary/aromatic N) is 1. The van der Waals surface area contributed by atoms with E-state index in [1.54, 1.807) is 18.2 Å². The lowest BCUT2D eigenvalue weighted by Gasteiger charge is -2.61. The normalized spacial score (nSPS) is 26.8. The molecule has 2 aromatic carbocycles. The van der Waals surface area contributed by atoms with Crippen molar-refractivity contribution in [1.82, 2.24) is 4.57 Å². The summed E-state index contributed by atoms with van der Waals surface area (Å²) in [6, 6.07) is 16.9. The number of aryl methyl sites for hydroxylation is 2. The highest BCUT2D eigenvalue weighted by Gasteiger charge is 2.61. The number of benzene rings is 2. The van der Waals surface area contributed by atoms with Crippen LogP contribution in [0.5, 0.6) is 5.75 Å². The van der Waals surface area contributed by atoms with Crippen LogP contribution in [0.4, 0.5) is 8.78 Å². The molecule has 3 aromatic rings. The van der Waals surface area contributed by atoms with Crippen molar-refractivity contribution >= 4 is 11.8 Å². The first kappa shape index (κ1) is 26.7. The van der Waals surface area contributed by atoms with Gasteiger partial charge in [0.15, 0.2) is 6.61 Å². The highest BCUT2D eigenvalue weighted by molar-refractivity contribution is 5.99. The number of ether oxygens (including phenoxy) is 2. The Bertz CT molecular complexity index is 1430. The SMILES string of the molecule is Cc1ccc(C23C[C@H]4C[C@@H](CC(C(=O)OCC(=O)c5cc(C)n(-c6ccc(OC(F)F)cc6)c5C)(C4)C2)C3)cc1. The molecular formula is C33H35F2NO4. The first-order chi connectivity index (χ1) is 19.1. The summed E-state index contributed by atoms with van der Waals surface area (Å²) < 4.78 is 37.2. The van der Waals surface area contributed by atoms with Gasteiger partial charge in [-0.1, -0.05) is 29.8 Å². The number of hydrogen-bond acceptors (Lipinski definition) is 4. The van der Waals surface area contributed by atoms with Crippen molar-refractivity contribution in [3.8, 4) is 11.4 Å². The van der Waals surface area contributed by atoms with Crippen LogP contribution in [0.1, 0.15) is 71.4 Å². The van der Waals surface area contributed by atoms with Crippen LogP contribution in [0.3, 0.4) is 0 Å². The van der Waals surface area contributed by atoms with E-state index >= 15 is 0 Å². The second-order valence-corrected chi connectivity index (χ2v) is 12.4. The molecule has 4 fully saturated rings. The Morgan fingerprint density at radius 2 is 1.60 bits per heavy atom. The van der Waals surface area contributed by atoms with Crippen LogP contribution in [0.25, 0.3) is 5.69 Å². The molecule has 210 valence electrons. The van der Waals surface area contributed by atoms with Gasteiger partial charge < -0.3 is 14.0 Å². The fraction of sp³-hybridized carbons (Fsp3) is 0.455. The third-order valence-electron chi connectivity index (χ3n) is 9.54. The predicted molar refractivity (Wildman–Crippen MR) is 147 cm³/mol. The number of esters is 1. The number of carbonyl (C=O) groups is 2. The molecular weight excluding hydrogens is 512 g/mol. The molecule has 1 heterocycles.